The molecule has 1 heterocycles. The summed E-state index contributed by atoms with van der Waals surface area (Å²) < 4.78 is 58.2. The number of carbonyl (C=O) groups excluding carboxylic acids is 1. The van der Waals surface area contributed by atoms with E-state index in [1.54, 1.807) is 20.8 Å². The van der Waals surface area contributed by atoms with Gasteiger partial charge in [0.2, 0.25) is 0 Å². The van der Waals surface area contributed by atoms with E-state index in [-0.39, 0.29) is 36.0 Å². The highest BCUT2D eigenvalue weighted by Gasteiger charge is 2.44. The van der Waals surface area contributed by atoms with Crippen LogP contribution in [0.25, 0.3) is 0 Å². The average Bonchev–Trinajstić information content (AvgIpc) is 2.74. The van der Waals surface area contributed by atoms with Crippen molar-refractivity contribution in [3.63, 3.8) is 0 Å². The fraction of sp³-hybridized carbons (Fsp3) is 0.500. The summed E-state index contributed by atoms with van der Waals surface area (Å²) in [5.74, 6) is -0.660. The molecular formula is C14H20NO8PS. The van der Waals surface area contributed by atoms with Gasteiger partial charge in [-0.2, -0.15) is 0 Å². The zero-order valence-electron chi connectivity index (χ0n) is 14.1. The van der Waals surface area contributed by atoms with Crippen LogP contribution in [0.5, 0.6) is 5.75 Å². The van der Waals surface area contributed by atoms with E-state index < -0.39 is 30.5 Å². The number of carbonyl (C=O) groups is 1. The normalized spacial score (nSPS) is 16.1. The molecule has 11 heteroatoms. The second kappa shape index (κ2) is 7.84. The highest BCUT2D eigenvalue weighted by atomic mass is 32.2. The van der Waals surface area contributed by atoms with Crippen LogP contribution in [0.2, 0.25) is 0 Å². The Bertz CT molecular complexity index is 784. The number of benzene rings is 1. The molecule has 1 aromatic rings. The first-order valence-electron chi connectivity index (χ1n) is 7.67. The predicted octanol–water partition coefficient (Wildman–Crippen LogP) is 2.39. The molecule has 140 valence electrons. The minimum atomic E-state index is -4.14. The molecule has 1 aliphatic heterocycles. The van der Waals surface area contributed by atoms with Gasteiger partial charge >= 0.3 is 7.82 Å². The van der Waals surface area contributed by atoms with E-state index in [4.69, 9.17) is 18.3 Å². The molecule has 9 nitrogen and oxygen atoms in total. The Morgan fingerprint density at radius 3 is 2.24 bits per heavy atom. The van der Waals surface area contributed by atoms with Gasteiger partial charge in [-0.05, 0) is 32.9 Å². The fourth-order valence-corrected chi connectivity index (χ4v) is 4.87. The molecule has 1 amide bonds. The van der Waals surface area contributed by atoms with E-state index in [1.807, 2.05) is 0 Å². The summed E-state index contributed by atoms with van der Waals surface area (Å²) in [6, 6.07) is 4.28. The van der Waals surface area contributed by atoms with Gasteiger partial charge < -0.3 is 4.74 Å². The number of sulfonamides is 1. The van der Waals surface area contributed by atoms with Gasteiger partial charge in [-0.3, -0.25) is 18.4 Å². The van der Waals surface area contributed by atoms with Crippen LogP contribution in [0.1, 0.15) is 31.1 Å². The Kier molecular flexibility index (Phi) is 6.23. The van der Waals surface area contributed by atoms with E-state index in [0.717, 1.165) is 0 Å². The van der Waals surface area contributed by atoms with Gasteiger partial charge in [0.05, 0.1) is 19.8 Å². The summed E-state index contributed by atoms with van der Waals surface area (Å²) in [4.78, 5) is 12.4. The molecular weight excluding hydrogens is 373 g/mol. The number of ether oxygens (including phenoxy) is 1. The van der Waals surface area contributed by atoms with E-state index in [9.17, 15) is 17.8 Å². The zero-order valence-corrected chi connectivity index (χ0v) is 15.8. The summed E-state index contributed by atoms with van der Waals surface area (Å²) in [6.45, 7) is 4.42. The maximum Gasteiger partial charge on any atom is 0.476 e. The Hall–Kier alpha value is -1.45. The molecule has 1 aromatic carbocycles. The third-order valence-corrected chi connectivity index (χ3v) is 6.53. The molecule has 0 N–H and O–H groups in total. The van der Waals surface area contributed by atoms with Gasteiger partial charge in [0.15, 0.2) is 0 Å². The van der Waals surface area contributed by atoms with E-state index in [0.29, 0.717) is 4.31 Å². The van der Waals surface area contributed by atoms with Crippen LogP contribution < -0.4 is 4.74 Å². The molecule has 1 aliphatic rings. The van der Waals surface area contributed by atoms with Crippen molar-refractivity contribution in [3.8, 4) is 5.75 Å². The Morgan fingerprint density at radius 2 is 1.68 bits per heavy atom. The van der Waals surface area contributed by atoms with Crippen molar-refractivity contribution in [2.45, 2.75) is 25.7 Å². The summed E-state index contributed by atoms with van der Waals surface area (Å²) in [5.41, 5.74) is -0.0735. The van der Waals surface area contributed by atoms with Crippen molar-refractivity contribution in [2.24, 2.45) is 0 Å². The number of nitrogens with zero attached hydrogens (tertiary/aromatic N) is 1. The zero-order chi connectivity index (χ0) is 18.7. The monoisotopic (exact) mass is 393 g/mol. The molecule has 0 aliphatic carbocycles. The third kappa shape index (κ3) is 3.88. The van der Waals surface area contributed by atoms with E-state index in [1.165, 1.54) is 18.2 Å². The van der Waals surface area contributed by atoms with Crippen LogP contribution in [0.15, 0.2) is 23.1 Å². The van der Waals surface area contributed by atoms with Crippen molar-refractivity contribution < 1.29 is 36.1 Å². The quantitative estimate of drug-likeness (QED) is 0.589. The molecule has 0 unspecified atom stereocenters. The summed E-state index contributed by atoms with van der Waals surface area (Å²) in [7, 11) is -8.11. The molecule has 25 heavy (non-hydrogen) atoms. The molecule has 2 rings (SSSR count). The predicted molar refractivity (Wildman–Crippen MR) is 87.8 cm³/mol. The molecule has 0 spiro atoms. The number of hydrogen-bond donors (Lipinski definition) is 0. The molecule has 0 radical (unpaired) electrons. The van der Waals surface area contributed by atoms with Gasteiger partial charge in [0, 0.05) is 0 Å². The van der Waals surface area contributed by atoms with E-state index in [2.05, 4.69) is 0 Å². The van der Waals surface area contributed by atoms with Crippen molar-refractivity contribution in [1.29, 1.82) is 0 Å². The second-order valence-corrected chi connectivity index (χ2v) is 8.26. The molecule has 0 fully saturated rings. The largest absolute Gasteiger partial charge is 0.493 e. The number of fused-ring (bicyclic) bond motifs is 1. The summed E-state index contributed by atoms with van der Waals surface area (Å²) in [5, 5.41) is 0. The molecule has 0 saturated heterocycles. The lowest BCUT2D eigenvalue weighted by Gasteiger charge is -2.20. The van der Waals surface area contributed by atoms with Crippen LogP contribution in [0, 0.1) is 0 Å². The second-order valence-electron chi connectivity index (χ2n) is 4.76. The Labute approximate surface area is 146 Å². The highest BCUT2D eigenvalue weighted by Crippen LogP contribution is 2.50. The first-order valence-corrected chi connectivity index (χ1v) is 10.6. The first kappa shape index (κ1) is 19.9. The standard InChI is InChI=1S/C14H20NO8PS/c1-4-20-11-8-7-9-12-13(11)14(16)15(25(12,18)19)10-23-24(17,21-5-2)22-6-3/h7-9H,4-6,10H2,1-3H3. The number of phosphoric acid groups is 1. The minimum Gasteiger partial charge on any atom is -0.493 e. The average molecular weight is 393 g/mol. The number of hydrogen-bond acceptors (Lipinski definition) is 8. The number of rotatable bonds is 9. The molecule has 0 saturated carbocycles. The van der Waals surface area contributed by atoms with Gasteiger partial charge in [-0.1, -0.05) is 6.07 Å². The van der Waals surface area contributed by atoms with Crippen LogP contribution >= 0.6 is 7.82 Å². The lowest BCUT2D eigenvalue weighted by atomic mass is 10.2. The van der Waals surface area contributed by atoms with Crippen LogP contribution in [0.3, 0.4) is 0 Å². The van der Waals surface area contributed by atoms with Crippen LogP contribution in [-0.4, -0.2) is 45.2 Å². The molecule has 0 bridgehead atoms. The highest BCUT2D eigenvalue weighted by molar-refractivity contribution is 7.90. The number of phosphoric ester groups is 1. The topological polar surface area (TPSA) is 108 Å². The third-order valence-electron chi connectivity index (χ3n) is 3.20. The molecule has 0 atom stereocenters. The van der Waals surface area contributed by atoms with Crippen molar-refractivity contribution in [1.82, 2.24) is 4.31 Å². The maximum absolute atomic E-state index is 12.6. The Morgan fingerprint density at radius 1 is 1.04 bits per heavy atom. The minimum absolute atomic E-state index is 0.0344. The SMILES string of the molecule is CCOc1cccc2c1C(=O)N(COP(=O)(OCC)OCC)S2(=O)=O. The summed E-state index contributed by atoms with van der Waals surface area (Å²) >= 11 is 0. The van der Waals surface area contributed by atoms with Gasteiger partial charge in [0.25, 0.3) is 15.9 Å². The van der Waals surface area contributed by atoms with Crippen LogP contribution in [0.4, 0.5) is 0 Å². The van der Waals surface area contributed by atoms with Crippen molar-refractivity contribution in [3.05, 3.63) is 23.8 Å². The van der Waals surface area contributed by atoms with Crippen molar-refractivity contribution in [2.75, 3.05) is 26.6 Å². The fourth-order valence-electron chi connectivity index (χ4n) is 2.24. The molecule has 0 aromatic heterocycles. The summed E-state index contributed by atoms with van der Waals surface area (Å²) in [6.07, 6.45) is 0. The van der Waals surface area contributed by atoms with E-state index >= 15 is 0 Å². The van der Waals surface area contributed by atoms with Crippen LogP contribution in [-0.2, 0) is 28.2 Å². The van der Waals surface area contributed by atoms with Gasteiger partial charge in [-0.25, -0.2) is 17.3 Å². The smallest absolute Gasteiger partial charge is 0.476 e. The van der Waals surface area contributed by atoms with Gasteiger partial charge in [0.1, 0.15) is 22.9 Å². The van der Waals surface area contributed by atoms with Crippen molar-refractivity contribution >= 4 is 23.8 Å². The lowest BCUT2D eigenvalue weighted by molar-refractivity contribution is 0.0674. The maximum atomic E-state index is 12.6. The lowest BCUT2D eigenvalue weighted by Crippen LogP contribution is -2.32. The number of amides is 1. The first-order chi connectivity index (χ1) is 11.8. The Balaban J connectivity index is 2.31. The van der Waals surface area contributed by atoms with Gasteiger partial charge in [-0.15, -0.1) is 0 Å².